The van der Waals surface area contributed by atoms with Gasteiger partial charge in [-0.3, -0.25) is 9.59 Å². The Morgan fingerprint density at radius 3 is 1.85 bits per heavy atom. The lowest BCUT2D eigenvalue weighted by molar-refractivity contribution is -0.125. The van der Waals surface area contributed by atoms with Gasteiger partial charge in [0.25, 0.3) is 0 Å². The third-order valence-electron chi connectivity index (χ3n) is 12.6. The van der Waals surface area contributed by atoms with Crippen LogP contribution in [0.1, 0.15) is 69.5 Å². The zero-order chi connectivity index (χ0) is 45.4. The molecule has 4 atom stereocenters. The Kier molecular flexibility index (Phi) is 10.1. The average molecular weight is 917 g/mol. The minimum absolute atomic E-state index is 0.0413. The molecule has 2 saturated heterocycles. The summed E-state index contributed by atoms with van der Waals surface area (Å²) < 4.78 is 36.0. The predicted molar refractivity (Wildman–Crippen MR) is 250 cm³/mol. The number of anilines is 2. The Morgan fingerprint density at radius 1 is 0.742 bits per heavy atom. The van der Waals surface area contributed by atoms with Crippen molar-refractivity contribution >= 4 is 88.6 Å². The van der Waals surface area contributed by atoms with Crippen molar-refractivity contribution in [3.63, 3.8) is 0 Å². The van der Waals surface area contributed by atoms with Crippen LogP contribution in [0.25, 0.3) is 42.5 Å². The molecule has 8 aromatic rings. The van der Waals surface area contributed by atoms with Crippen LogP contribution in [0.5, 0.6) is 0 Å². The minimum Gasteiger partial charge on any atom is -0.383 e. The van der Waals surface area contributed by atoms with Crippen LogP contribution in [-0.2, 0) is 9.59 Å². The molecule has 1 saturated carbocycles. The summed E-state index contributed by atoms with van der Waals surface area (Å²) in [7, 11) is 0. The summed E-state index contributed by atoms with van der Waals surface area (Å²) in [4.78, 5) is 56.1. The van der Waals surface area contributed by atoms with Crippen LogP contribution in [0.2, 0.25) is 0 Å². The molecule has 2 aromatic carbocycles. The van der Waals surface area contributed by atoms with E-state index in [4.69, 9.17) is 16.5 Å². The van der Waals surface area contributed by atoms with Crippen molar-refractivity contribution in [2.75, 3.05) is 37.6 Å². The number of nitrogens with zero attached hydrogens (tertiary/aromatic N) is 10. The van der Waals surface area contributed by atoms with Crippen molar-refractivity contribution in [1.82, 2.24) is 48.8 Å². The van der Waals surface area contributed by atoms with Gasteiger partial charge in [0.15, 0.2) is 0 Å². The van der Waals surface area contributed by atoms with E-state index in [0.29, 0.717) is 81.5 Å². The Balaban J connectivity index is 0.766. The predicted octanol–water partition coefficient (Wildman–Crippen LogP) is 7.04. The maximum atomic E-state index is 15.6. The van der Waals surface area contributed by atoms with Gasteiger partial charge in [0.05, 0.1) is 75.6 Å². The van der Waals surface area contributed by atoms with Crippen LogP contribution >= 0.6 is 22.7 Å². The molecule has 328 valence electrons. The Hall–Kier alpha value is -7.54. The largest absolute Gasteiger partial charge is 0.383 e. The smallest absolute Gasteiger partial charge is 0.246 e. The number of rotatable bonds is 6. The fourth-order valence-electron chi connectivity index (χ4n) is 9.10. The normalized spacial score (nSPS) is 19.3. The molecular formula is C48H38F2N12O2S2. The first-order chi connectivity index (χ1) is 32.0. The second kappa shape index (κ2) is 16.2. The van der Waals surface area contributed by atoms with Gasteiger partial charge in [-0.1, -0.05) is 36.3 Å². The second-order valence-electron chi connectivity index (χ2n) is 16.7. The lowest BCUT2D eigenvalue weighted by Crippen LogP contribution is -2.27. The number of amides is 2. The molecule has 4 N–H and O–H groups in total. The van der Waals surface area contributed by atoms with E-state index in [9.17, 15) is 9.59 Å². The van der Waals surface area contributed by atoms with Crippen molar-refractivity contribution in [3.8, 4) is 23.7 Å². The lowest BCUT2D eigenvalue weighted by atomic mass is 10.1. The standard InChI is InChI=1S/C48H38F2N12O2S2/c1-3-40(63)59-12-10-31(21-59)61-19-30(42-44(51)53-23-55-46(42)61)7-5-28-16-37-39(18-35(28)50)66-48(58-37)33-14-26(33)8-9-41(64)60-13-11-32(22-60)62-20-29(43-45(52)54-24-56-47(43)62)6-4-27-15-36-38(17-34(27)49)65-25(2)57-36/h3,8-9,15-20,23-24,26,31-33H,1,10-14,21-22H2,2H3,(H2,51,53,55)(H2,52,54,56)/b9-8+/t26?,31-,32-,33?/m0/s1. The third kappa shape index (κ3) is 7.37. The molecule has 2 amide bonds. The number of nitrogen functional groups attached to an aromatic ring is 2. The van der Waals surface area contributed by atoms with Gasteiger partial charge >= 0.3 is 0 Å². The molecule has 0 spiro atoms. The van der Waals surface area contributed by atoms with E-state index in [0.717, 1.165) is 27.6 Å². The molecule has 6 aromatic heterocycles. The zero-order valence-electron chi connectivity index (χ0n) is 35.3. The fraction of sp³-hybridized carbons (Fsp3) is 0.250. The van der Waals surface area contributed by atoms with Crippen LogP contribution in [-0.4, -0.2) is 86.8 Å². The van der Waals surface area contributed by atoms with Gasteiger partial charge in [-0.2, -0.15) is 0 Å². The Bertz CT molecular complexity index is 3530. The van der Waals surface area contributed by atoms with Gasteiger partial charge in [-0.05, 0) is 68.5 Å². The minimum atomic E-state index is -0.461. The molecule has 14 nitrogen and oxygen atoms in total. The molecule has 0 radical (unpaired) electrons. The molecule has 3 fully saturated rings. The number of nitrogens with two attached hydrogens (primary N) is 2. The average Bonchev–Trinajstić information content (AvgIpc) is 4.00. The molecule has 1 aliphatic carbocycles. The Labute approximate surface area is 383 Å². The maximum Gasteiger partial charge on any atom is 0.246 e. The number of hydrogen-bond donors (Lipinski definition) is 2. The van der Waals surface area contributed by atoms with E-state index in [1.807, 2.05) is 39.4 Å². The molecule has 18 heteroatoms. The third-order valence-corrected chi connectivity index (χ3v) is 14.7. The highest BCUT2D eigenvalue weighted by atomic mass is 32.1. The number of likely N-dealkylation sites (tertiary alicyclic amines) is 2. The summed E-state index contributed by atoms with van der Waals surface area (Å²) in [5, 5.41) is 2.89. The van der Waals surface area contributed by atoms with Crippen molar-refractivity contribution in [1.29, 1.82) is 0 Å². The van der Waals surface area contributed by atoms with Crippen molar-refractivity contribution < 1.29 is 18.4 Å². The van der Waals surface area contributed by atoms with Crippen LogP contribution in [0.4, 0.5) is 20.4 Å². The first-order valence-electron chi connectivity index (χ1n) is 21.3. The van der Waals surface area contributed by atoms with Crippen LogP contribution in [0.15, 0.2) is 74.1 Å². The summed E-state index contributed by atoms with van der Waals surface area (Å²) in [5.41, 5.74) is 16.7. The molecule has 2 unspecified atom stereocenters. The van der Waals surface area contributed by atoms with Gasteiger partial charge in [-0.15, -0.1) is 22.7 Å². The zero-order valence-corrected chi connectivity index (χ0v) is 37.0. The van der Waals surface area contributed by atoms with Crippen molar-refractivity contribution in [2.24, 2.45) is 5.92 Å². The summed E-state index contributed by atoms with van der Waals surface area (Å²) in [6, 6.07) is 6.13. The second-order valence-corrected chi connectivity index (χ2v) is 19.0. The molecule has 2 aliphatic heterocycles. The van der Waals surface area contributed by atoms with E-state index in [1.54, 1.807) is 23.1 Å². The highest BCUT2D eigenvalue weighted by Gasteiger charge is 2.39. The van der Waals surface area contributed by atoms with Crippen LogP contribution < -0.4 is 11.5 Å². The number of hydrogen-bond acceptors (Lipinski definition) is 12. The number of carbonyl (C=O) groups is 2. The van der Waals surface area contributed by atoms with Crippen LogP contribution in [0, 0.1) is 48.2 Å². The first kappa shape index (κ1) is 41.2. The molecular weight excluding hydrogens is 879 g/mol. The summed E-state index contributed by atoms with van der Waals surface area (Å²) in [6.07, 6.45) is 13.7. The van der Waals surface area contributed by atoms with E-state index >= 15 is 8.78 Å². The van der Waals surface area contributed by atoms with E-state index in [1.165, 1.54) is 53.5 Å². The summed E-state index contributed by atoms with van der Waals surface area (Å²) >= 11 is 2.88. The number of aromatic nitrogens is 8. The van der Waals surface area contributed by atoms with Crippen LogP contribution in [0.3, 0.4) is 0 Å². The highest BCUT2D eigenvalue weighted by molar-refractivity contribution is 7.18. The quantitative estimate of drug-likeness (QED) is 0.130. The monoisotopic (exact) mass is 916 g/mol. The molecule has 0 bridgehead atoms. The topological polar surface area (TPSA) is 180 Å². The lowest BCUT2D eigenvalue weighted by Gasteiger charge is -2.16. The van der Waals surface area contributed by atoms with Gasteiger partial charge < -0.3 is 30.4 Å². The number of halogens is 2. The molecule has 8 heterocycles. The van der Waals surface area contributed by atoms with E-state index in [-0.39, 0.29) is 58.5 Å². The van der Waals surface area contributed by atoms with E-state index in [2.05, 4.69) is 55.2 Å². The fourth-order valence-corrected chi connectivity index (χ4v) is 11.1. The van der Waals surface area contributed by atoms with Gasteiger partial charge in [0, 0.05) is 44.5 Å². The number of carbonyl (C=O) groups excluding carboxylic acids is 2. The van der Waals surface area contributed by atoms with Gasteiger partial charge in [0.2, 0.25) is 11.8 Å². The maximum absolute atomic E-state index is 15.6. The van der Waals surface area contributed by atoms with Crippen molar-refractivity contribution in [2.45, 2.75) is 44.2 Å². The van der Waals surface area contributed by atoms with Gasteiger partial charge in [-0.25, -0.2) is 38.7 Å². The number of thiazole rings is 2. The van der Waals surface area contributed by atoms with Crippen molar-refractivity contribution in [3.05, 3.63) is 118 Å². The number of fused-ring (bicyclic) bond motifs is 4. The number of allylic oxidation sites excluding steroid dienone is 1. The highest BCUT2D eigenvalue weighted by Crippen LogP contribution is 2.50. The molecule has 3 aliphatic rings. The SMILES string of the molecule is C=CC(=O)N1CC[C@H](n2cc(C#Cc3cc4nc(C5CC5/C=C/C(=O)N5CC[C@H](n6cc(C#Cc7cc8nc(C)sc8cc7F)c7c(N)ncnc76)C5)sc4cc3F)c3c(N)ncnc32)C1. The first-order valence-corrected chi connectivity index (χ1v) is 22.9. The van der Waals surface area contributed by atoms with Gasteiger partial charge in [0.1, 0.15) is 47.2 Å². The molecule has 11 rings (SSSR count). The van der Waals surface area contributed by atoms with E-state index < -0.39 is 11.6 Å². The Morgan fingerprint density at radius 2 is 1.27 bits per heavy atom. The summed E-state index contributed by atoms with van der Waals surface area (Å²) in [6.45, 7) is 7.58. The number of aryl methyl sites for hydroxylation is 1. The summed E-state index contributed by atoms with van der Waals surface area (Å²) in [5.74, 6) is 11.9. The molecule has 66 heavy (non-hydrogen) atoms. The number of benzene rings is 2.